The van der Waals surface area contributed by atoms with Crippen molar-refractivity contribution in [3.63, 3.8) is 0 Å². The number of hydrogen-bond donors (Lipinski definition) is 1. The topological polar surface area (TPSA) is 51.3 Å². The standard InChI is InChI=1S/C20H25NO3/c1-13(2)19-16(9-10-17-23-11-12-24-17)18(14(3)21-19)20(22)15-7-5-4-6-8-15/h4-8,13,17,21H,9-12H2,1-3H3. The molecule has 1 aromatic heterocycles. The predicted octanol–water partition coefficient (Wildman–Crippen LogP) is 3.98. The Morgan fingerprint density at radius 1 is 1.21 bits per heavy atom. The summed E-state index contributed by atoms with van der Waals surface area (Å²) in [4.78, 5) is 16.5. The lowest BCUT2D eigenvalue weighted by Crippen LogP contribution is -2.12. The summed E-state index contributed by atoms with van der Waals surface area (Å²) in [6.45, 7) is 7.59. The number of ether oxygens (including phenoxy) is 2. The van der Waals surface area contributed by atoms with Crippen molar-refractivity contribution in [1.82, 2.24) is 4.98 Å². The van der Waals surface area contributed by atoms with Crippen molar-refractivity contribution in [2.24, 2.45) is 0 Å². The lowest BCUT2D eigenvalue weighted by atomic mass is 9.93. The molecule has 4 nitrogen and oxygen atoms in total. The zero-order valence-electron chi connectivity index (χ0n) is 14.6. The molecule has 128 valence electrons. The smallest absolute Gasteiger partial charge is 0.195 e. The summed E-state index contributed by atoms with van der Waals surface area (Å²) in [5, 5.41) is 0. The summed E-state index contributed by atoms with van der Waals surface area (Å²) in [6.07, 6.45) is 1.39. The van der Waals surface area contributed by atoms with Gasteiger partial charge in [0, 0.05) is 28.9 Å². The number of carbonyl (C=O) groups is 1. The molecule has 0 bridgehead atoms. The molecule has 3 rings (SSSR count). The summed E-state index contributed by atoms with van der Waals surface area (Å²) < 4.78 is 11.1. The Bertz CT molecular complexity index is 697. The quantitative estimate of drug-likeness (QED) is 0.816. The van der Waals surface area contributed by atoms with Crippen LogP contribution in [0, 0.1) is 6.92 Å². The number of hydrogen-bond acceptors (Lipinski definition) is 3. The first kappa shape index (κ1) is 16.9. The van der Waals surface area contributed by atoms with E-state index in [2.05, 4.69) is 18.8 Å². The molecule has 1 aromatic carbocycles. The van der Waals surface area contributed by atoms with Crippen molar-refractivity contribution in [3.05, 3.63) is 58.4 Å². The summed E-state index contributed by atoms with van der Waals surface area (Å²) in [7, 11) is 0. The van der Waals surface area contributed by atoms with Crippen LogP contribution in [0.15, 0.2) is 30.3 Å². The largest absolute Gasteiger partial charge is 0.361 e. The molecule has 0 unspecified atom stereocenters. The van der Waals surface area contributed by atoms with Gasteiger partial charge in [0.25, 0.3) is 0 Å². The van der Waals surface area contributed by atoms with Gasteiger partial charge in [-0.1, -0.05) is 44.2 Å². The van der Waals surface area contributed by atoms with E-state index in [4.69, 9.17) is 9.47 Å². The summed E-state index contributed by atoms with van der Waals surface area (Å²) >= 11 is 0. The van der Waals surface area contributed by atoms with Gasteiger partial charge in [-0.05, 0) is 24.8 Å². The second-order valence-electron chi connectivity index (χ2n) is 6.58. The van der Waals surface area contributed by atoms with Crippen LogP contribution in [0.1, 0.15) is 59.1 Å². The van der Waals surface area contributed by atoms with Gasteiger partial charge in [-0.2, -0.15) is 0 Å². The number of aryl methyl sites for hydroxylation is 1. The zero-order chi connectivity index (χ0) is 17.1. The Hall–Kier alpha value is -1.91. The normalized spacial score (nSPS) is 15.3. The van der Waals surface area contributed by atoms with Crippen LogP contribution in [0.4, 0.5) is 0 Å². The Labute approximate surface area is 143 Å². The third kappa shape index (κ3) is 3.45. The summed E-state index contributed by atoms with van der Waals surface area (Å²) in [6, 6.07) is 9.47. The van der Waals surface area contributed by atoms with Crippen molar-refractivity contribution in [3.8, 4) is 0 Å². The lowest BCUT2D eigenvalue weighted by molar-refractivity contribution is -0.0462. The van der Waals surface area contributed by atoms with E-state index in [1.54, 1.807) is 0 Å². The van der Waals surface area contributed by atoms with Crippen LogP contribution in [0.25, 0.3) is 0 Å². The van der Waals surface area contributed by atoms with Gasteiger partial charge in [0.2, 0.25) is 0 Å². The first-order valence-electron chi connectivity index (χ1n) is 8.62. The fourth-order valence-corrected chi connectivity index (χ4v) is 3.33. The number of aromatic nitrogens is 1. The van der Waals surface area contributed by atoms with E-state index in [0.29, 0.717) is 19.1 Å². The van der Waals surface area contributed by atoms with E-state index in [0.717, 1.165) is 40.9 Å². The highest BCUT2D eigenvalue weighted by atomic mass is 16.7. The van der Waals surface area contributed by atoms with E-state index in [1.807, 2.05) is 37.3 Å². The molecular weight excluding hydrogens is 302 g/mol. The predicted molar refractivity (Wildman–Crippen MR) is 93.5 cm³/mol. The van der Waals surface area contributed by atoms with Crippen LogP contribution in [-0.4, -0.2) is 30.3 Å². The van der Waals surface area contributed by atoms with Crippen LogP contribution in [0.5, 0.6) is 0 Å². The minimum Gasteiger partial charge on any atom is -0.361 e. The Balaban J connectivity index is 1.93. The van der Waals surface area contributed by atoms with Crippen LogP contribution in [0.3, 0.4) is 0 Å². The molecule has 1 N–H and O–H groups in total. The number of carbonyl (C=O) groups excluding carboxylic acids is 1. The first-order valence-corrected chi connectivity index (χ1v) is 8.62. The maximum Gasteiger partial charge on any atom is 0.195 e. The van der Waals surface area contributed by atoms with Gasteiger partial charge in [-0.15, -0.1) is 0 Å². The molecule has 2 heterocycles. The van der Waals surface area contributed by atoms with Crippen LogP contribution in [0.2, 0.25) is 0 Å². The molecule has 2 aromatic rings. The van der Waals surface area contributed by atoms with Gasteiger partial charge in [0.1, 0.15) is 0 Å². The minimum absolute atomic E-state index is 0.0829. The molecule has 0 saturated carbocycles. The van der Waals surface area contributed by atoms with Crippen molar-refractivity contribution in [2.75, 3.05) is 13.2 Å². The lowest BCUT2D eigenvalue weighted by Gasteiger charge is -2.13. The molecule has 1 aliphatic heterocycles. The van der Waals surface area contributed by atoms with E-state index >= 15 is 0 Å². The van der Waals surface area contributed by atoms with Gasteiger partial charge >= 0.3 is 0 Å². The third-order valence-electron chi connectivity index (χ3n) is 4.49. The fourth-order valence-electron chi connectivity index (χ4n) is 3.33. The van der Waals surface area contributed by atoms with Gasteiger partial charge in [-0.25, -0.2) is 0 Å². The number of benzene rings is 1. The number of aromatic amines is 1. The summed E-state index contributed by atoms with van der Waals surface area (Å²) in [5.74, 6) is 0.418. The molecule has 0 radical (unpaired) electrons. The molecule has 0 aliphatic carbocycles. The van der Waals surface area contributed by atoms with Crippen molar-refractivity contribution >= 4 is 5.78 Å². The maximum absolute atomic E-state index is 13.0. The van der Waals surface area contributed by atoms with Crippen LogP contribution in [-0.2, 0) is 15.9 Å². The van der Waals surface area contributed by atoms with Crippen molar-refractivity contribution in [1.29, 1.82) is 0 Å². The molecule has 1 aliphatic rings. The van der Waals surface area contributed by atoms with Gasteiger partial charge in [0.15, 0.2) is 12.1 Å². The molecule has 0 spiro atoms. The number of ketones is 1. The number of nitrogens with one attached hydrogen (secondary N) is 1. The molecule has 0 atom stereocenters. The fraction of sp³-hybridized carbons (Fsp3) is 0.450. The molecule has 0 amide bonds. The number of rotatable bonds is 6. The average molecular weight is 327 g/mol. The van der Waals surface area contributed by atoms with E-state index in [-0.39, 0.29) is 12.1 Å². The first-order chi connectivity index (χ1) is 11.6. The highest BCUT2D eigenvalue weighted by molar-refractivity contribution is 6.11. The van der Waals surface area contributed by atoms with Crippen molar-refractivity contribution < 1.29 is 14.3 Å². The van der Waals surface area contributed by atoms with E-state index in [9.17, 15) is 4.79 Å². The number of H-pyrrole nitrogens is 1. The van der Waals surface area contributed by atoms with Crippen LogP contribution >= 0.6 is 0 Å². The Kier molecular flexibility index (Phi) is 5.17. The van der Waals surface area contributed by atoms with E-state index in [1.165, 1.54) is 0 Å². The SMILES string of the molecule is Cc1[nH]c(C(C)C)c(CCC2OCCO2)c1C(=O)c1ccccc1. The Morgan fingerprint density at radius 2 is 1.88 bits per heavy atom. The molecule has 24 heavy (non-hydrogen) atoms. The zero-order valence-corrected chi connectivity index (χ0v) is 14.6. The van der Waals surface area contributed by atoms with Gasteiger partial charge < -0.3 is 14.5 Å². The van der Waals surface area contributed by atoms with Gasteiger partial charge in [0.05, 0.1) is 13.2 Å². The second kappa shape index (κ2) is 7.32. The molecule has 1 saturated heterocycles. The van der Waals surface area contributed by atoms with Crippen LogP contribution < -0.4 is 0 Å². The highest BCUT2D eigenvalue weighted by Crippen LogP contribution is 2.29. The molecule has 1 fully saturated rings. The monoisotopic (exact) mass is 327 g/mol. The maximum atomic E-state index is 13.0. The van der Waals surface area contributed by atoms with Crippen molar-refractivity contribution in [2.45, 2.75) is 45.8 Å². The molecule has 4 heteroatoms. The molecular formula is C20H25NO3. The van der Waals surface area contributed by atoms with E-state index < -0.39 is 0 Å². The minimum atomic E-state index is -0.153. The second-order valence-corrected chi connectivity index (χ2v) is 6.58. The highest BCUT2D eigenvalue weighted by Gasteiger charge is 2.25. The Morgan fingerprint density at radius 3 is 2.50 bits per heavy atom. The third-order valence-corrected chi connectivity index (χ3v) is 4.49. The van der Waals surface area contributed by atoms with Gasteiger partial charge in [-0.3, -0.25) is 4.79 Å². The summed E-state index contributed by atoms with van der Waals surface area (Å²) in [5.41, 5.74) is 4.73. The average Bonchev–Trinajstić information content (AvgIpc) is 3.20.